The van der Waals surface area contributed by atoms with Gasteiger partial charge in [-0.3, -0.25) is 14.8 Å². The molecule has 180 valence electrons. The molecule has 0 spiro atoms. The molecule has 1 aliphatic rings. The molecule has 9 nitrogen and oxygen atoms in total. The molecule has 2 heterocycles. The van der Waals surface area contributed by atoms with Crippen molar-refractivity contribution < 1.29 is 23.9 Å². The Labute approximate surface area is 201 Å². The Bertz CT molecular complexity index is 1210. The van der Waals surface area contributed by atoms with Crippen molar-refractivity contribution in [2.45, 2.75) is 0 Å². The second-order valence-corrected chi connectivity index (χ2v) is 7.83. The summed E-state index contributed by atoms with van der Waals surface area (Å²) in [6.07, 6.45) is 4.42. The minimum Gasteiger partial charge on any atom is -0.497 e. The zero-order chi connectivity index (χ0) is 24.8. The molecular formula is C25H24FN5O4. The number of rotatable bonds is 6. The van der Waals surface area contributed by atoms with E-state index >= 15 is 0 Å². The van der Waals surface area contributed by atoms with Crippen LogP contribution >= 0.6 is 0 Å². The lowest BCUT2D eigenvalue weighted by Gasteiger charge is -2.35. The smallest absolute Gasteiger partial charge is 0.277 e. The zero-order valence-corrected chi connectivity index (χ0v) is 19.0. The first kappa shape index (κ1) is 23.8. The number of hydrogen-bond acceptors (Lipinski definition) is 7. The molecule has 10 heteroatoms. The van der Waals surface area contributed by atoms with Gasteiger partial charge in [0.2, 0.25) is 5.95 Å². The molecule has 0 atom stereocenters. The summed E-state index contributed by atoms with van der Waals surface area (Å²) in [5.74, 6) is -0.0638. The van der Waals surface area contributed by atoms with E-state index in [-0.39, 0.29) is 17.3 Å². The highest BCUT2D eigenvalue weighted by molar-refractivity contribution is 6.24. The molecule has 0 aliphatic carbocycles. The lowest BCUT2D eigenvalue weighted by atomic mass is 10.0. The van der Waals surface area contributed by atoms with Crippen molar-refractivity contribution in [1.29, 1.82) is 0 Å². The Morgan fingerprint density at radius 3 is 2.17 bits per heavy atom. The molecule has 3 aromatic rings. The summed E-state index contributed by atoms with van der Waals surface area (Å²) in [6, 6.07) is 13.2. The van der Waals surface area contributed by atoms with Crippen LogP contribution < -0.4 is 15.1 Å². The van der Waals surface area contributed by atoms with Gasteiger partial charge < -0.3 is 14.5 Å². The third kappa shape index (κ3) is 5.61. The number of nitrogens with one attached hydrogen (secondary N) is 1. The van der Waals surface area contributed by atoms with Crippen molar-refractivity contribution >= 4 is 29.4 Å². The van der Waals surface area contributed by atoms with E-state index in [0.717, 1.165) is 5.56 Å². The Morgan fingerprint density at radius 1 is 0.971 bits per heavy atom. The highest BCUT2D eigenvalue weighted by Gasteiger charge is 2.26. The third-order valence-corrected chi connectivity index (χ3v) is 5.66. The number of hydrogen-bond donors (Lipinski definition) is 2. The van der Waals surface area contributed by atoms with Crippen LogP contribution in [-0.4, -0.2) is 65.2 Å². The fourth-order valence-electron chi connectivity index (χ4n) is 3.71. The number of halogens is 1. The Kier molecular flexibility index (Phi) is 7.32. The van der Waals surface area contributed by atoms with Crippen LogP contribution in [0.1, 0.15) is 21.5 Å². The molecule has 0 bridgehead atoms. The van der Waals surface area contributed by atoms with Crippen molar-refractivity contribution in [2.75, 3.05) is 38.2 Å². The summed E-state index contributed by atoms with van der Waals surface area (Å²) < 4.78 is 18.6. The summed E-state index contributed by atoms with van der Waals surface area (Å²) in [4.78, 5) is 37.1. The maximum Gasteiger partial charge on any atom is 0.277 e. The molecule has 1 fully saturated rings. The number of carbonyl (C=O) groups excluding carboxylic acids is 2. The lowest BCUT2D eigenvalue weighted by molar-refractivity contribution is -0.125. The highest BCUT2D eigenvalue weighted by Crippen LogP contribution is 2.24. The number of methoxy groups -OCH3 is 1. The largest absolute Gasteiger partial charge is 0.497 e. The first-order valence-corrected chi connectivity index (χ1v) is 10.9. The highest BCUT2D eigenvalue weighted by atomic mass is 19.1. The van der Waals surface area contributed by atoms with E-state index in [1.54, 1.807) is 47.8 Å². The van der Waals surface area contributed by atoms with Crippen LogP contribution in [0.4, 0.5) is 10.3 Å². The van der Waals surface area contributed by atoms with Gasteiger partial charge in [-0.15, -0.1) is 0 Å². The third-order valence-electron chi connectivity index (χ3n) is 5.66. The van der Waals surface area contributed by atoms with Crippen LogP contribution in [0.15, 0.2) is 60.9 Å². The van der Waals surface area contributed by atoms with E-state index in [9.17, 15) is 14.0 Å². The first-order chi connectivity index (χ1) is 17.0. The number of aromatic nitrogens is 2. The number of benzene rings is 2. The lowest BCUT2D eigenvalue weighted by Crippen LogP contribution is -2.49. The summed E-state index contributed by atoms with van der Waals surface area (Å²) in [7, 11) is 1.58. The second kappa shape index (κ2) is 10.7. The molecule has 0 saturated carbocycles. The van der Waals surface area contributed by atoms with Gasteiger partial charge in [-0.2, -0.15) is 0 Å². The molecule has 1 aliphatic heterocycles. The molecule has 2 aromatic carbocycles. The van der Waals surface area contributed by atoms with Crippen molar-refractivity contribution in [3.05, 3.63) is 83.4 Å². The Hall–Kier alpha value is -4.31. The molecule has 2 amide bonds. The Morgan fingerprint density at radius 2 is 1.60 bits per heavy atom. The Balaban J connectivity index is 1.51. The molecule has 0 radical (unpaired) electrons. The van der Waals surface area contributed by atoms with Gasteiger partial charge in [-0.1, -0.05) is 24.3 Å². The minimum absolute atomic E-state index is 0.139. The van der Waals surface area contributed by atoms with Crippen molar-refractivity contribution in [1.82, 2.24) is 20.3 Å². The molecule has 0 unspecified atom stereocenters. The van der Waals surface area contributed by atoms with Crippen molar-refractivity contribution in [3.8, 4) is 5.75 Å². The SMILES string of the molecule is COc1ccc(/C(=C\c2ccc(F)cc2)C(=O)N2CCN(c3ncc(C(=O)NO)cn3)CC2)cc1. The van der Waals surface area contributed by atoms with E-state index < -0.39 is 5.91 Å². The average Bonchev–Trinajstić information content (AvgIpc) is 2.92. The average molecular weight is 477 g/mol. The standard InChI is InChI=1S/C25H24FN5O4/c1-35-21-8-4-18(5-9-21)22(14-17-2-6-20(26)7-3-17)24(33)30-10-12-31(13-11-30)25-27-15-19(16-28-25)23(32)29-34/h2-9,14-16,34H,10-13H2,1H3,(H,29,32)/b22-14+. The van der Waals surface area contributed by atoms with Crippen LogP contribution in [0, 0.1) is 5.82 Å². The minimum atomic E-state index is -0.689. The predicted octanol–water partition coefficient (Wildman–Crippen LogP) is 2.63. The van der Waals surface area contributed by atoms with Crippen LogP contribution in [0.5, 0.6) is 5.75 Å². The van der Waals surface area contributed by atoms with E-state index in [0.29, 0.717) is 49.0 Å². The van der Waals surface area contributed by atoms with Gasteiger partial charge in [0.25, 0.3) is 11.8 Å². The predicted molar refractivity (Wildman–Crippen MR) is 127 cm³/mol. The van der Waals surface area contributed by atoms with Crippen LogP contribution in [0.25, 0.3) is 11.6 Å². The van der Waals surface area contributed by atoms with Crippen molar-refractivity contribution in [2.24, 2.45) is 0 Å². The van der Waals surface area contributed by atoms with E-state index in [2.05, 4.69) is 9.97 Å². The summed E-state index contributed by atoms with van der Waals surface area (Å²) in [5, 5.41) is 8.72. The van der Waals surface area contributed by atoms with Crippen LogP contribution in [0.3, 0.4) is 0 Å². The second-order valence-electron chi connectivity index (χ2n) is 7.83. The van der Waals surface area contributed by atoms with E-state index in [1.165, 1.54) is 24.5 Å². The summed E-state index contributed by atoms with van der Waals surface area (Å²) in [5.41, 5.74) is 3.61. The number of carbonyl (C=O) groups is 2. The molecule has 4 rings (SSSR count). The number of anilines is 1. The number of amides is 2. The van der Waals surface area contributed by atoms with Gasteiger partial charge in [0.1, 0.15) is 11.6 Å². The zero-order valence-electron chi connectivity index (χ0n) is 19.0. The molecule has 1 aromatic heterocycles. The van der Waals surface area contributed by atoms with Crippen molar-refractivity contribution in [3.63, 3.8) is 0 Å². The number of hydroxylamine groups is 1. The normalized spacial score (nSPS) is 14.0. The first-order valence-electron chi connectivity index (χ1n) is 10.9. The topological polar surface area (TPSA) is 108 Å². The number of nitrogens with zero attached hydrogens (tertiary/aromatic N) is 4. The number of ether oxygens (including phenoxy) is 1. The van der Waals surface area contributed by atoms with Gasteiger partial charge in [-0.25, -0.2) is 19.8 Å². The maximum absolute atomic E-state index is 13.6. The van der Waals surface area contributed by atoms with Gasteiger partial charge >= 0.3 is 0 Å². The van der Waals surface area contributed by atoms with Gasteiger partial charge in [-0.05, 0) is 41.5 Å². The number of piperazine rings is 1. The molecule has 1 saturated heterocycles. The van der Waals surface area contributed by atoms with Gasteiger partial charge in [0.15, 0.2) is 0 Å². The van der Waals surface area contributed by atoms with Crippen LogP contribution in [0.2, 0.25) is 0 Å². The molecule has 35 heavy (non-hydrogen) atoms. The van der Waals surface area contributed by atoms with Gasteiger partial charge in [0, 0.05) is 44.1 Å². The van der Waals surface area contributed by atoms with Gasteiger partial charge in [0.05, 0.1) is 12.7 Å². The monoisotopic (exact) mass is 477 g/mol. The summed E-state index contributed by atoms with van der Waals surface area (Å²) in [6.45, 7) is 1.89. The summed E-state index contributed by atoms with van der Waals surface area (Å²) >= 11 is 0. The molecule has 2 N–H and O–H groups in total. The fraction of sp³-hybridized carbons (Fsp3) is 0.200. The quantitative estimate of drug-likeness (QED) is 0.243. The molecular weight excluding hydrogens is 453 g/mol. The fourth-order valence-corrected chi connectivity index (χ4v) is 3.71. The maximum atomic E-state index is 13.6. The van der Waals surface area contributed by atoms with E-state index in [1.807, 2.05) is 17.0 Å². The van der Waals surface area contributed by atoms with E-state index in [4.69, 9.17) is 9.94 Å². The van der Waals surface area contributed by atoms with Crippen LogP contribution in [-0.2, 0) is 4.79 Å².